The summed E-state index contributed by atoms with van der Waals surface area (Å²) in [6.45, 7) is 1.73. The summed E-state index contributed by atoms with van der Waals surface area (Å²) in [5, 5.41) is 9.53. The van der Waals surface area contributed by atoms with Crippen molar-refractivity contribution in [1.29, 1.82) is 0 Å². The third-order valence-corrected chi connectivity index (χ3v) is 3.05. The fraction of sp³-hybridized carbons (Fsp3) is 0.250. The third kappa shape index (κ3) is 3.70. The zero-order valence-electron chi connectivity index (χ0n) is 11.8. The van der Waals surface area contributed by atoms with Crippen LogP contribution in [0.25, 0.3) is 0 Å². The van der Waals surface area contributed by atoms with Crippen molar-refractivity contribution in [3.05, 3.63) is 59.2 Å². The molecule has 0 saturated carbocycles. The highest BCUT2D eigenvalue weighted by molar-refractivity contribution is 5.43. The van der Waals surface area contributed by atoms with E-state index >= 15 is 0 Å². The van der Waals surface area contributed by atoms with E-state index in [0.29, 0.717) is 22.6 Å². The number of benzene rings is 2. The van der Waals surface area contributed by atoms with Crippen molar-refractivity contribution in [2.75, 3.05) is 7.11 Å². The van der Waals surface area contributed by atoms with E-state index in [4.69, 9.17) is 9.47 Å². The Kier molecular flexibility index (Phi) is 4.75. The molecule has 112 valence electrons. The van der Waals surface area contributed by atoms with Crippen LogP contribution in [0.2, 0.25) is 0 Å². The molecule has 1 atom stereocenters. The Morgan fingerprint density at radius 2 is 1.81 bits per heavy atom. The highest BCUT2D eigenvalue weighted by Crippen LogP contribution is 2.30. The average Bonchev–Trinajstić information content (AvgIpc) is 2.48. The maximum atomic E-state index is 13.1. The Labute approximate surface area is 121 Å². The van der Waals surface area contributed by atoms with E-state index < -0.39 is 17.7 Å². The normalized spacial score (nSPS) is 12.0. The molecule has 2 rings (SSSR count). The number of halogens is 2. The van der Waals surface area contributed by atoms with Gasteiger partial charge in [0.2, 0.25) is 0 Å². The molecule has 1 N–H and O–H groups in total. The average molecular weight is 294 g/mol. The first-order chi connectivity index (χ1) is 10.0. The van der Waals surface area contributed by atoms with Crippen molar-refractivity contribution in [3.63, 3.8) is 0 Å². The van der Waals surface area contributed by atoms with Gasteiger partial charge in [0.15, 0.2) is 23.1 Å². The molecule has 2 aromatic rings. The molecule has 0 radical (unpaired) electrons. The van der Waals surface area contributed by atoms with Crippen LogP contribution in [0.5, 0.6) is 11.5 Å². The maximum Gasteiger partial charge on any atom is 0.161 e. The lowest BCUT2D eigenvalue weighted by Gasteiger charge is -2.13. The van der Waals surface area contributed by atoms with Crippen LogP contribution in [-0.2, 0) is 6.61 Å². The highest BCUT2D eigenvalue weighted by atomic mass is 19.2. The molecule has 0 aromatic heterocycles. The van der Waals surface area contributed by atoms with E-state index in [9.17, 15) is 13.9 Å². The lowest BCUT2D eigenvalue weighted by atomic mass is 10.1. The molecule has 0 aliphatic rings. The van der Waals surface area contributed by atoms with Crippen LogP contribution in [0, 0.1) is 11.6 Å². The number of aliphatic hydroxyl groups excluding tert-OH is 1. The molecule has 1 unspecified atom stereocenters. The monoisotopic (exact) mass is 294 g/mol. The van der Waals surface area contributed by atoms with Gasteiger partial charge in [0.05, 0.1) is 13.2 Å². The molecule has 0 aliphatic carbocycles. The Balaban J connectivity index is 2.13. The van der Waals surface area contributed by atoms with E-state index in [1.54, 1.807) is 25.1 Å². The minimum Gasteiger partial charge on any atom is -0.493 e. The highest BCUT2D eigenvalue weighted by Gasteiger charge is 2.10. The lowest BCUT2D eigenvalue weighted by molar-refractivity contribution is 0.198. The molecule has 5 heteroatoms. The fourth-order valence-corrected chi connectivity index (χ4v) is 1.85. The number of methoxy groups -OCH3 is 1. The van der Waals surface area contributed by atoms with Crippen molar-refractivity contribution in [3.8, 4) is 11.5 Å². The first-order valence-electron chi connectivity index (χ1n) is 6.44. The third-order valence-electron chi connectivity index (χ3n) is 3.05. The quantitative estimate of drug-likeness (QED) is 0.915. The molecule has 0 heterocycles. The van der Waals surface area contributed by atoms with Crippen LogP contribution in [0.15, 0.2) is 36.4 Å². The molecule has 0 fully saturated rings. The van der Waals surface area contributed by atoms with Gasteiger partial charge in [-0.05, 0) is 42.3 Å². The fourth-order valence-electron chi connectivity index (χ4n) is 1.85. The van der Waals surface area contributed by atoms with Gasteiger partial charge in [0.1, 0.15) is 6.61 Å². The van der Waals surface area contributed by atoms with Crippen molar-refractivity contribution in [2.45, 2.75) is 19.6 Å². The molecule has 21 heavy (non-hydrogen) atoms. The van der Waals surface area contributed by atoms with Crippen LogP contribution >= 0.6 is 0 Å². The maximum absolute atomic E-state index is 13.1. The van der Waals surface area contributed by atoms with Crippen molar-refractivity contribution < 1.29 is 23.4 Å². The number of hydrogen-bond acceptors (Lipinski definition) is 3. The van der Waals surface area contributed by atoms with Gasteiger partial charge in [0.25, 0.3) is 0 Å². The molecule has 0 spiro atoms. The van der Waals surface area contributed by atoms with Crippen LogP contribution in [-0.4, -0.2) is 12.2 Å². The zero-order chi connectivity index (χ0) is 15.4. The van der Waals surface area contributed by atoms with Gasteiger partial charge in [0, 0.05) is 0 Å². The number of ether oxygens (including phenoxy) is 2. The predicted molar refractivity (Wildman–Crippen MR) is 74.3 cm³/mol. The molecule has 2 aromatic carbocycles. The van der Waals surface area contributed by atoms with E-state index in [1.807, 2.05) is 0 Å². The minimum atomic E-state index is -0.910. The van der Waals surface area contributed by atoms with Gasteiger partial charge in [-0.25, -0.2) is 8.78 Å². The summed E-state index contributed by atoms with van der Waals surface area (Å²) in [4.78, 5) is 0. The number of hydrogen-bond donors (Lipinski definition) is 1. The van der Waals surface area contributed by atoms with Gasteiger partial charge < -0.3 is 14.6 Å². The first kappa shape index (κ1) is 15.3. The van der Waals surface area contributed by atoms with Crippen LogP contribution in [0.4, 0.5) is 8.78 Å². The molecule has 0 bridgehead atoms. The first-order valence-corrected chi connectivity index (χ1v) is 6.44. The Bertz CT molecular complexity index is 627. The van der Waals surface area contributed by atoms with Gasteiger partial charge >= 0.3 is 0 Å². The number of rotatable bonds is 5. The molecule has 0 saturated heterocycles. The second-order valence-electron chi connectivity index (χ2n) is 4.62. The van der Waals surface area contributed by atoms with Crippen LogP contribution in [0.3, 0.4) is 0 Å². The SMILES string of the molecule is COc1cc(C(C)O)ccc1OCc1ccc(F)c(F)c1. The largest absolute Gasteiger partial charge is 0.493 e. The van der Waals surface area contributed by atoms with E-state index in [2.05, 4.69) is 0 Å². The van der Waals surface area contributed by atoms with Gasteiger partial charge in [-0.1, -0.05) is 12.1 Å². The van der Waals surface area contributed by atoms with E-state index in [1.165, 1.54) is 13.2 Å². The van der Waals surface area contributed by atoms with Gasteiger partial charge in [-0.2, -0.15) is 0 Å². The van der Waals surface area contributed by atoms with Crippen molar-refractivity contribution in [1.82, 2.24) is 0 Å². The van der Waals surface area contributed by atoms with Crippen LogP contribution < -0.4 is 9.47 Å². The van der Waals surface area contributed by atoms with Gasteiger partial charge in [-0.15, -0.1) is 0 Å². The second-order valence-corrected chi connectivity index (χ2v) is 4.62. The summed E-state index contributed by atoms with van der Waals surface area (Å²) in [6, 6.07) is 8.66. The summed E-state index contributed by atoms with van der Waals surface area (Å²) in [5.41, 5.74) is 1.21. The van der Waals surface area contributed by atoms with Crippen molar-refractivity contribution >= 4 is 0 Å². The summed E-state index contributed by atoms with van der Waals surface area (Å²) in [6.07, 6.45) is -0.612. The summed E-state index contributed by atoms with van der Waals surface area (Å²) >= 11 is 0. The molecular weight excluding hydrogens is 278 g/mol. The van der Waals surface area contributed by atoms with E-state index in [0.717, 1.165) is 12.1 Å². The summed E-state index contributed by atoms with van der Waals surface area (Å²) in [5.74, 6) is -0.868. The smallest absolute Gasteiger partial charge is 0.161 e. The predicted octanol–water partition coefficient (Wildman–Crippen LogP) is 3.61. The molecule has 0 aliphatic heterocycles. The van der Waals surface area contributed by atoms with Crippen LogP contribution in [0.1, 0.15) is 24.2 Å². The zero-order valence-corrected chi connectivity index (χ0v) is 11.8. The minimum absolute atomic E-state index is 0.0849. The summed E-state index contributed by atoms with van der Waals surface area (Å²) < 4.78 is 36.7. The molecule has 0 amide bonds. The van der Waals surface area contributed by atoms with Crippen molar-refractivity contribution in [2.24, 2.45) is 0 Å². The Hall–Kier alpha value is -2.14. The van der Waals surface area contributed by atoms with E-state index in [-0.39, 0.29) is 6.61 Å². The number of aliphatic hydroxyl groups is 1. The molecular formula is C16H16F2O3. The second kappa shape index (κ2) is 6.54. The Morgan fingerprint density at radius 1 is 1.05 bits per heavy atom. The topological polar surface area (TPSA) is 38.7 Å². The Morgan fingerprint density at radius 3 is 2.43 bits per heavy atom. The molecule has 3 nitrogen and oxygen atoms in total. The summed E-state index contributed by atoms with van der Waals surface area (Å²) in [7, 11) is 1.49. The van der Waals surface area contributed by atoms with Gasteiger partial charge in [-0.3, -0.25) is 0 Å². The standard InChI is InChI=1S/C16H16F2O3/c1-10(19)12-4-6-15(16(8-12)20-2)21-9-11-3-5-13(17)14(18)7-11/h3-8,10,19H,9H2,1-2H3. The lowest BCUT2D eigenvalue weighted by Crippen LogP contribution is -2.00.